The fourth-order valence-corrected chi connectivity index (χ4v) is 1.95. The summed E-state index contributed by atoms with van der Waals surface area (Å²) in [5, 5.41) is 21.0. The monoisotopic (exact) mass is 227 g/mol. The molecule has 1 fully saturated rings. The maximum atomic E-state index is 9.56. The molecule has 1 heterocycles. The normalized spacial score (nSPS) is 29.7. The Kier molecular flexibility index (Phi) is 2.56. The van der Waals surface area contributed by atoms with Gasteiger partial charge in [-0.1, -0.05) is 11.6 Å². The smallest absolute Gasteiger partial charge is 0.154 e. The largest absolute Gasteiger partial charge is 0.390 e. The number of hydrogen-bond acceptors (Lipinski definition) is 4. The van der Waals surface area contributed by atoms with Crippen LogP contribution in [0.3, 0.4) is 0 Å². The topological polar surface area (TPSA) is 58.0 Å². The van der Waals surface area contributed by atoms with Gasteiger partial charge in [-0.15, -0.1) is 10.2 Å². The number of halogens is 1. The number of aliphatic hydroxyl groups is 1. The van der Waals surface area contributed by atoms with E-state index in [2.05, 4.69) is 15.5 Å². The summed E-state index contributed by atoms with van der Waals surface area (Å²) >= 11 is 5.77. The lowest BCUT2D eigenvalue weighted by atomic mass is 9.77. The minimum Gasteiger partial charge on any atom is -0.390 e. The van der Waals surface area contributed by atoms with Gasteiger partial charge in [0.1, 0.15) is 5.82 Å². The van der Waals surface area contributed by atoms with Crippen LogP contribution in [0.2, 0.25) is 5.15 Å². The molecule has 2 rings (SSSR count). The van der Waals surface area contributed by atoms with E-state index >= 15 is 0 Å². The van der Waals surface area contributed by atoms with E-state index in [1.54, 1.807) is 0 Å². The number of hydrogen-bond donors (Lipinski definition) is 2. The molecular weight excluding hydrogens is 214 g/mol. The number of nitrogens with one attached hydrogen (secondary N) is 1. The first-order valence-corrected chi connectivity index (χ1v) is 5.33. The van der Waals surface area contributed by atoms with Crippen molar-refractivity contribution >= 4 is 17.4 Å². The van der Waals surface area contributed by atoms with Crippen molar-refractivity contribution in [3.63, 3.8) is 0 Å². The minimum absolute atomic E-state index is 0.287. The van der Waals surface area contributed by atoms with Gasteiger partial charge in [0.25, 0.3) is 0 Å². The first kappa shape index (κ1) is 10.6. The minimum atomic E-state index is -0.521. The molecule has 5 heteroatoms. The average Bonchev–Trinajstić information content (AvgIpc) is 2.08. The van der Waals surface area contributed by atoms with Crippen LogP contribution in [0, 0.1) is 6.92 Å². The fraction of sp³-hybridized carbons (Fsp3) is 0.600. The molecule has 1 aliphatic carbocycles. The Bertz CT molecular complexity index is 373. The van der Waals surface area contributed by atoms with E-state index in [1.165, 1.54) is 0 Å². The van der Waals surface area contributed by atoms with Crippen LogP contribution >= 0.6 is 11.6 Å². The summed E-state index contributed by atoms with van der Waals surface area (Å²) in [4.78, 5) is 0. The van der Waals surface area contributed by atoms with Crippen molar-refractivity contribution in [2.75, 3.05) is 5.32 Å². The van der Waals surface area contributed by atoms with Crippen LogP contribution in [0.1, 0.15) is 25.3 Å². The standard InChI is InChI=1S/C10H14ClN3O/c1-6-3-8(13-14-9(6)11)12-7-4-10(2,15)5-7/h3,7,15H,4-5H2,1-2H3,(H,12,13). The number of rotatable bonds is 2. The summed E-state index contributed by atoms with van der Waals surface area (Å²) in [6.07, 6.45) is 1.49. The van der Waals surface area contributed by atoms with Gasteiger partial charge in [-0.25, -0.2) is 0 Å². The van der Waals surface area contributed by atoms with E-state index in [0.29, 0.717) is 5.15 Å². The van der Waals surface area contributed by atoms with Gasteiger partial charge in [0.2, 0.25) is 0 Å². The molecule has 1 aliphatic rings. The van der Waals surface area contributed by atoms with Gasteiger partial charge in [-0.05, 0) is 38.3 Å². The highest BCUT2D eigenvalue weighted by Gasteiger charge is 2.38. The molecule has 0 aliphatic heterocycles. The Morgan fingerprint density at radius 2 is 2.20 bits per heavy atom. The van der Waals surface area contributed by atoms with Crippen molar-refractivity contribution in [2.45, 2.75) is 38.3 Å². The third-order valence-corrected chi connectivity index (χ3v) is 3.02. The first-order valence-electron chi connectivity index (χ1n) is 4.95. The molecule has 0 aromatic carbocycles. The predicted molar refractivity (Wildman–Crippen MR) is 59.0 cm³/mol. The van der Waals surface area contributed by atoms with E-state index in [9.17, 15) is 5.11 Å². The van der Waals surface area contributed by atoms with Gasteiger partial charge in [0, 0.05) is 6.04 Å². The van der Waals surface area contributed by atoms with Crippen LogP contribution in [0.4, 0.5) is 5.82 Å². The molecule has 0 bridgehead atoms. The molecule has 0 saturated heterocycles. The van der Waals surface area contributed by atoms with Crippen LogP contribution in [0.15, 0.2) is 6.07 Å². The van der Waals surface area contributed by atoms with E-state index < -0.39 is 5.60 Å². The first-order chi connectivity index (χ1) is 6.96. The third kappa shape index (κ3) is 2.38. The van der Waals surface area contributed by atoms with Crippen molar-refractivity contribution in [3.8, 4) is 0 Å². The van der Waals surface area contributed by atoms with Gasteiger partial charge in [-0.3, -0.25) is 0 Å². The van der Waals surface area contributed by atoms with Crippen molar-refractivity contribution < 1.29 is 5.11 Å². The molecule has 0 unspecified atom stereocenters. The molecule has 0 amide bonds. The summed E-state index contributed by atoms with van der Waals surface area (Å²) in [6.45, 7) is 3.73. The van der Waals surface area contributed by atoms with E-state index in [0.717, 1.165) is 24.2 Å². The zero-order chi connectivity index (χ0) is 11.1. The predicted octanol–water partition coefficient (Wildman–Crippen LogP) is 1.76. The van der Waals surface area contributed by atoms with Gasteiger partial charge in [-0.2, -0.15) is 0 Å². The second-order valence-corrected chi connectivity index (χ2v) is 4.81. The molecule has 4 nitrogen and oxygen atoms in total. The number of nitrogens with zero attached hydrogens (tertiary/aromatic N) is 2. The summed E-state index contributed by atoms with van der Waals surface area (Å²) in [6, 6.07) is 2.15. The maximum Gasteiger partial charge on any atom is 0.154 e. The molecular formula is C10H14ClN3O. The highest BCUT2D eigenvalue weighted by Crippen LogP contribution is 2.33. The van der Waals surface area contributed by atoms with Gasteiger partial charge in [0.15, 0.2) is 5.15 Å². The van der Waals surface area contributed by atoms with E-state index in [1.807, 2.05) is 19.9 Å². The van der Waals surface area contributed by atoms with Crippen LogP contribution < -0.4 is 5.32 Å². The van der Waals surface area contributed by atoms with Crippen LogP contribution in [0.5, 0.6) is 0 Å². The highest BCUT2D eigenvalue weighted by atomic mass is 35.5. The molecule has 1 saturated carbocycles. The second-order valence-electron chi connectivity index (χ2n) is 4.45. The molecule has 1 aromatic heterocycles. The van der Waals surface area contributed by atoms with E-state index in [4.69, 9.17) is 11.6 Å². The summed E-state index contributed by atoms with van der Waals surface area (Å²) < 4.78 is 0. The number of aromatic nitrogens is 2. The van der Waals surface area contributed by atoms with Crippen molar-refractivity contribution in [3.05, 3.63) is 16.8 Å². The molecule has 0 atom stereocenters. The van der Waals surface area contributed by atoms with Crippen molar-refractivity contribution in [2.24, 2.45) is 0 Å². The van der Waals surface area contributed by atoms with Gasteiger partial charge in [0.05, 0.1) is 5.60 Å². The molecule has 82 valence electrons. The summed E-state index contributed by atoms with van der Waals surface area (Å²) in [5.74, 6) is 0.720. The van der Waals surface area contributed by atoms with Crippen molar-refractivity contribution in [1.82, 2.24) is 10.2 Å². The lowest BCUT2D eigenvalue weighted by molar-refractivity contribution is -0.0235. The summed E-state index contributed by atoms with van der Waals surface area (Å²) in [5.41, 5.74) is 0.382. The zero-order valence-electron chi connectivity index (χ0n) is 8.79. The molecule has 1 aromatic rings. The highest BCUT2D eigenvalue weighted by molar-refractivity contribution is 6.30. The Hall–Kier alpha value is -0.870. The fourth-order valence-electron chi connectivity index (χ4n) is 1.85. The lowest BCUT2D eigenvalue weighted by Crippen LogP contribution is -2.48. The Morgan fingerprint density at radius 3 is 2.73 bits per heavy atom. The quantitative estimate of drug-likeness (QED) is 0.809. The van der Waals surface area contributed by atoms with Gasteiger partial charge < -0.3 is 10.4 Å². The van der Waals surface area contributed by atoms with Crippen LogP contribution in [-0.4, -0.2) is 26.9 Å². The second kappa shape index (κ2) is 3.61. The average molecular weight is 228 g/mol. The van der Waals surface area contributed by atoms with Crippen molar-refractivity contribution in [1.29, 1.82) is 0 Å². The summed E-state index contributed by atoms with van der Waals surface area (Å²) in [7, 11) is 0. The Labute approximate surface area is 93.7 Å². The molecule has 15 heavy (non-hydrogen) atoms. The zero-order valence-corrected chi connectivity index (χ0v) is 9.54. The number of anilines is 1. The molecule has 0 radical (unpaired) electrons. The van der Waals surface area contributed by atoms with E-state index in [-0.39, 0.29) is 6.04 Å². The lowest BCUT2D eigenvalue weighted by Gasteiger charge is -2.41. The third-order valence-electron chi connectivity index (χ3n) is 2.65. The SMILES string of the molecule is Cc1cc(NC2CC(C)(O)C2)nnc1Cl. The van der Waals surface area contributed by atoms with Crippen LogP contribution in [0.25, 0.3) is 0 Å². The Balaban J connectivity index is 1.98. The van der Waals surface area contributed by atoms with Gasteiger partial charge >= 0.3 is 0 Å². The number of aryl methyl sites for hydroxylation is 1. The molecule has 2 N–H and O–H groups in total. The Morgan fingerprint density at radius 1 is 1.53 bits per heavy atom. The van der Waals surface area contributed by atoms with Crippen LogP contribution in [-0.2, 0) is 0 Å². The molecule has 0 spiro atoms. The maximum absolute atomic E-state index is 9.56.